The molecule has 1 saturated heterocycles. The zero-order chi connectivity index (χ0) is 23.6. The van der Waals surface area contributed by atoms with Crippen molar-refractivity contribution < 1.29 is 28.6 Å². The van der Waals surface area contributed by atoms with Crippen molar-refractivity contribution in [2.45, 2.75) is 102 Å². The number of alkyl halides is 2. The average molecular weight is 454 g/mol. The summed E-state index contributed by atoms with van der Waals surface area (Å²) in [5.74, 6) is -4.80. The van der Waals surface area contributed by atoms with Crippen LogP contribution < -0.4 is 0 Å². The molecule has 180 valence electrons. The molecule has 0 saturated carbocycles. The number of carboxylic acids is 1. The SMILES string of the molecule is Cc1ccc(CCCCCCCC2CC(F)(F)C(=O)N2CCCCCCC(=O)O)cc1O. The minimum absolute atomic E-state index is 0.122. The summed E-state index contributed by atoms with van der Waals surface area (Å²) in [5, 5.41) is 18.4. The van der Waals surface area contributed by atoms with Gasteiger partial charge in [-0.2, -0.15) is 8.78 Å². The van der Waals surface area contributed by atoms with Crippen LogP contribution in [-0.4, -0.2) is 45.5 Å². The highest BCUT2D eigenvalue weighted by atomic mass is 19.3. The third-order valence-corrected chi connectivity index (χ3v) is 6.32. The summed E-state index contributed by atoms with van der Waals surface area (Å²) in [4.78, 5) is 24.0. The minimum atomic E-state index is -3.26. The van der Waals surface area contributed by atoms with Gasteiger partial charge in [0.25, 0.3) is 5.91 Å². The van der Waals surface area contributed by atoms with E-state index in [4.69, 9.17) is 5.11 Å². The number of hydrogen-bond acceptors (Lipinski definition) is 3. The Hall–Kier alpha value is -2.18. The van der Waals surface area contributed by atoms with E-state index in [0.717, 1.165) is 62.5 Å². The molecule has 1 fully saturated rings. The predicted molar refractivity (Wildman–Crippen MR) is 120 cm³/mol. The number of rotatable bonds is 15. The first kappa shape index (κ1) is 26.1. The number of unbranched alkanes of at least 4 members (excludes halogenated alkanes) is 7. The molecule has 1 amide bonds. The number of phenols is 1. The lowest BCUT2D eigenvalue weighted by atomic mass is 10.0. The molecule has 1 unspecified atom stereocenters. The highest BCUT2D eigenvalue weighted by molar-refractivity contribution is 5.86. The number of carboxylic acid groups (broad SMARTS) is 1. The molecule has 1 aromatic rings. The lowest BCUT2D eigenvalue weighted by Crippen LogP contribution is -2.37. The minimum Gasteiger partial charge on any atom is -0.508 e. The fraction of sp³-hybridized carbons (Fsp3) is 0.680. The van der Waals surface area contributed by atoms with Gasteiger partial charge in [-0.25, -0.2) is 0 Å². The summed E-state index contributed by atoms with van der Waals surface area (Å²) in [6.07, 6.45) is 8.82. The van der Waals surface area contributed by atoms with E-state index < -0.39 is 23.8 Å². The molecular weight excluding hydrogens is 416 g/mol. The van der Waals surface area contributed by atoms with Crippen LogP contribution >= 0.6 is 0 Å². The van der Waals surface area contributed by atoms with Crippen LogP contribution in [-0.2, 0) is 16.0 Å². The number of nitrogens with zero attached hydrogens (tertiary/aromatic N) is 1. The summed E-state index contributed by atoms with van der Waals surface area (Å²) < 4.78 is 27.9. The third kappa shape index (κ3) is 8.40. The van der Waals surface area contributed by atoms with Gasteiger partial charge in [-0.15, -0.1) is 0 Å². The van der Waals surface area contributed by atoms with Crippen molar-refractivity contribution in [3.05, 3.63) is 29.3 Å². The van der Waals surface area contributed by atoms with Gasteiger partial charge in [0.2, 0.25) is 0 Å². The van der Waals surface area contributed by atoms with E-state index in [0.29, 0.717) is 31.6 Å². The maximum absolute atomic E-state index is 14.0. The Morgan fingerprint density at radius 3 is 2.44 bits per heavy atom. The van der Waals surface area contributed by atoms with E-state index in [1.54, 1.807) is 0 Å². The first-order valence-corrected chi connectivity index (χ1v) is 11.9. The van der Waals surface area contributed by atoms with Crippen molar-refractivity contribution in [3.63, 3.8) is 0 Å². The summed E-state index contributed by atoms with van der Waals surface area (Å²) in [6.45, 7) is 2.20. The van der Waals surface area contributed by atoms with Gasteiger partial charge in [0.05, 0.1) is 0 Å². The van der Waals surface area contributed by atoms with Gasteiger partial charge in [0.15, 0.2) is 0 Å². The number of likely N-dealkylation sites (tertiary alicyclic amines) is 1. The number of hydrogen-bond donors (Lipinski definition) is 2. The molecular formula is C25H37F2NO4. The lowest BCUT2D eigenvalue weighted by molar-refractivity contribution is -0.148. The predicted octanol–water partition coefficient (Wildman–Crippen LogP) is 5.86. The van der Waals surface area contributed by atoms with Crippen LogP contribution in [0.4, 0.5) is 8.78 Å². The molecule has 0 aromatic heterocycles. The molecule has 1 aromatic carbocycles. The molecule has 0 aliphatic carbocycles. The molecule has 1 aliphatic rings. The van der Waals surface area contributed by atoms with Crippen molar-refractivity contribution in [3.8, 4) is 5.75 Å². The van der Waals surface area contributed by atoms with Crippen molar-refractivity contribution in [2.75, 3.05) is 6.54 Å². The Labute approximate surface area is 189 Å². The quantitative estimate of drug-likeness (QED) is 0.326. The zero-order valence-electron chi connectivity index (χ0n) is 19.1. The molecule has 0 radical (unpaired) electrons. The van der Waals surface area contributed by atoms with Crippen LogP contribution in [0, 0.1) is 6.92 Å². The number of amides is 1. The largest absolute Gasteiger partial charge is 0.508 e. The molecule has 2 N–H and O–H groups in total. The van der Waals surface area contributed by atoms with Gasteiger partial charge in [0, 0.05) is 25.4 Å². The maximum atomic E-state index is 14.0. The number of carbonyl (C=O) groups is 2. The maximum Gasteiger partial charge on any atom is 0.326 e. The highest BCUT2D eigenvalue weighted by Gasteiger charge is 2.52. The van der Waals surface area contributed by atoms with Gasteiger partial charge in [-0.3, -0.25) is 9.59 Å². The van der Waals surface area contributed by atoms with Gasteiger partial charge in [0.1, 0.15) is 5.75 Å². The monoisotopic (exact) mass is 453 g/mol. The van der Waals surface area contributed by atoms with Crippen molar-refractivity contribution in [2.24, 2.45) is 0 Å². The van der Waals surface area contributed by atoms with E-state index in [1.807, 2.05) is 25.1 Å². The number of aliphatic carboxylic acids is 1. The van der Waals surface area contributed by atoms with E-state index in [1.165, 1.54) is 4.90 Å². The second kappa shape index (κ2) is 12.8. The van der Waals surface area contributed by atoms with E-state index >= 15 is 0 Å². The molecule has 2 rings (SSSR count). The normalized spacial score (nSPS) is 17.8. The van der Waals surface area contributed by atoms with Gasteiger partial charge in [-0.05, 0) is 56.2 Å². The third-order valence-electron chi connectivity index (χ3n) is 6.32. The Bertz CT molecular complexity index is 753. The first-order chi connectivity index (χ1) is 15.2. The van der Waals surface area contributed by atoms with E-state index in [9.17, 15) is 23.5 Å². The van der Waals surface area contributed by atoms with E-state index in [2.05, 4.69) is 0 Å². The van der Waals surface area contributed by atoms with Crippen LogP contribution in [0.5, 0.6) is 5.75 Å². The molecule has 0 bridgehead atoms. The molecule has 1 atom stereocenters. The van der Waals surface area contributed by atoms with Crippen LogP contribution in [0.25, 0.3) is 0 Å². The summed E-state index contributed by atoms with van der Waals surface area (Å²) in [7, 11) is 0. The standard InChI is InChI=1S/C25H37F2NO4/c1-19-14-15-20(17-22(19)29)11-7-3-2-4-8-12-21-18-25(26,27)24(32)28(21)16-10-6-5-9-13-23(30)31/h14-15,17,21,29H,2-13,16,18H2,1H3,(H,30,31). The number of halogens is 2. The summed E-state index contributed by atoms with van der Waals surface area (Å²) in [5.41, 5.74) is 2.00. The van der Waals surface area contributed by atoms with Crippen LogP contribution in [0.2, 0.25) is 0 Å². The van der Waals surface area contributed by atoms with Crippen molar-refractivity contribution in [1.29, 1.82) is 0 Å². The van der Waals surface area contributed by atoms with Gasteiger partial charge in [-0.1, -0.05) is 50.7 Å². The molecule has 7 heteroatoms. The second-order valence-electron chi connectivity index (χ2n) is 9.05. The zero-order valence-corrected chi connectivity index (χ0v) is 19.1. The molecule has 1 heterocycles. The Morgan fingerprint density at radius 2 is 1.72 bits per heavy atom. The van der Waals surface area contributed by atoms with E-state index in [-0.39, 0.29) is 12.8 Å². The summed E-state index contributed by atoms with van der Waals surface area (Å²) >= 11 is 0. The smallest absolute Gasteiger partial charge is 0.326 e. The Balaban J connectivity index is 1.63. The van der Waals surface area contributed by atoms with Crippen molar-refractivity contribution in [1.82, 2.24) is 4.90 Å². The molecule has 32 heavy (non-hydrogen) atoms. The lowest BCUT2D eigenvalue weighted by Gasteiger charge is -2.24. The number of aromatic hydroxyl groups is 1. The van der Waals surface area contributed by atoms with Crippen LogP contribution in [0.15, 0.2) is 18.2 Å². The van der Waals surface area contributed by atoms with Gasteiger partial charge >= 0.3 is 11.9 Å². The van der Waals surface area contributed by atoms with Gasteiger partial charge < -0.3 is 15.1 Å². The number of aryl methyl sites for hydroxylation is 2. The first-order valence-electron chi connectivity index (χ1n) is 11.9. The molecule has 1 aliphatic heterocycles. The second-order valence-corrected chi connectivity index (χ2v) is 9.05. The number of phenolic OH excluding ortho intramolecular Hbond substituents is 1. The number of carbonyl (C=O) groups excluding carboxylic acids is 1. The fourth-order valence-corrected chi connectivity index (χ4v) is 4.37. The van der Waals surface area contributed by atoms with Crippen LogP contribution in [0.3, 0.4) is 0 Å². The Kier molecular flexibility index (Phi) is 10.4. The Morgan fingerprint density at radius 1 is 1.06 bits per heavy atom. The number of benzene rings is 1. The molecule has 5 nitrogen and oxygen atoms in total. The van der Waals surface area contributed by atoms with Crippen LogP contribution in [0.1, 0.15) is 88.2 Å². The fourth-order valence-electron chi connectivity index (χ4n) is 4.37. The highest BCUT2D eigenvalue weighted by Crippen LogP contribution is 2.36. The average Bonchev–Trinajstić information content (AvgIpc) is 2.94. The van der Waals surface area contributed by atoms with Crippen molar-refractivity contribution >= 4 is 11.9 Å². The molecule has 0 spiro atoms. The topological polar surface area (TPSA) is 77.8 Å². The summed E-state index contributed by atoms with van der Waals surface area (Å²) in [6, 6.07) is 5.37.